The molecule has 3 atom stereocenters. The van der Waals surface area contributed by atoms with E-state index in [2.05, 4.69) is 10.3 Å². The highest BCUT2D eigenvalue weighted by molar-refractivity contribution is 6.42. The van der Waals surface area contributed by atoms with Gasteiger partial charge >= 0.3 is 5.97 Å². The number of halogens is 2. The van der Waals surface area contributed by atoms with E-state index in [0.29, 0.717) is 33.9 Å². The third-order valence-corrected chi connectivity index (χ3v) is 12.0. The van der Waals surface area contributed by atoms with Gasteiger partial charge in [-0.1, -0.05) is 96.0 Å². The molecule has 8 rings (SSSR count). The van der Waals surface area contributed by atoms with Gasteiger partial charge in [-0.2, -0.15) is 0 Å². The van der Waals surface area contributed by atoms with Gasteiger partial charge in [-0.3, -0.25) is 14.6 Å². The summed E-state index contributed by atoms with van der Waals surface area (Å²) in [6, 6.07) is 33.5. The second-order valence-electron chi connectivity index (χ2n) is 15.4. The van der Waals surface area contributed by atoms with E-state index >= 15 is 0 Å². The number of carbonyl (C=O) groups is 3. The highest BCUT2D eigenvalue weighted by atomic mass is 35.5. The Morgan fingerprint density at radius 2 is 1.59 bits per heavy atom. The van der Waals surface area contributed by atoms with Gasteiger partial charge in [0.25, 0.3) is 0 Å². The normalized spacial score (nSPS) is 16.0. The van der Waals surface area contributed by atoms with Crippen molar-refractivity contribution in [2.24, 2.45) is 0 Å². The van der Waals surface area contributed by atoms with Crippen LogP contribution in [0.15, 0.2) is 121 Å². The van der Waals surface area contributed by atoms with Gasteiger partial charge in [0.1, 0.15) is 31.0 Å². The molecule has 0 saturated carbocycles. The number of ether oxygens (including phenoxy) is 3. The molecule has 2 amide bonds. The van der Waals surface area contributed by atoms with Crippen LogP contribution in [-0.4, -0.2) is 51.5 Å². The van der Waals surface area contributed by atoms with E-state index in [1.165, 1.54) is 0 Å². The van der Waals surface area contributed by atoms with Gasteiger partial charge < -0.3 is 29.5 Å². The maximum Gasteiger partial charge on any atom is 0.326 e. The lowest BCUT2D eigenvalue weighted by molar-refractivity contribution is -0.145. The van der Waals surface area contributed by atoms with E-state index in [1.807, 2.05) is 117 Å². The molecule has 310 valence electrons. The number of benzene rings is 5. The first-order valence-electron chi connectivity index (χ1n) is 20.0. The molecule has 61 heavy (non-hydrogen) atoms. The Bertz CT molecular complexity index is 2590. The number of amides is 2. The lowest BCUT2D eigenvalue weighted by atomic mass is 9.91. The summed E-state index contributed by atoms with van der Waals surface area (Å²) in [6.07, 6.45) is 1.67. The number of carboxylic acids is 1. The van der Waals surface area contributed by atoms with E-state index in [-0.39, 0.29) is 38.3 Å². The van der Waals surface area contributed by atoms with Crippen LogP contribution < -0.4 is 19.5 Å². The molecule has 2 N–H and O–H groups in total. The largest absolute Gasteiger partial charge is 0.489 e. The summed E-state index contributed by atoms with van der Waals surface area (Å²) in [6.45, 7) is 4.68. The fourth-order valence-corrected chi connectivity index (χ4v) is 8.06. The number of nitrogens with zero attached hydrogens (tertiary/aromatic N) is 2. The number of carboxylic acid groups (broad SMARTS) is 1. The molecule has 2 unspecified atom stereocenters. The zero-order chi connectivity index (χ0) is 42.6. The van der Waals surface area contributed by atoms with Crippen molar-refractivity contribution >= 4 is 41.0 Å². The van der Waals surface area contributed by atoms with Crippen LogP contribution in [0.1, 0.15) is 50.7 Å². The van der Waals surface area contributed by atoms with Gasteiger partial charge in [0.15, 0.2) is 17.6 Å². The number of aliphatic carboxylic acids is 1. The zero-order valence-corrected chi connectivity index (χ0v) is 35.1. The molecule has 0 bridgehead atoms. The minimum Gasteiger partial charge on any atom is -0.489 e. The Morgan fingerprint density at radius 1 is 0.852 bits per heavy atom. The fraction of sp³-hybridized carbons (Fsp3) is 0.224. The summed E-state index contributed by atoms with van der Waals surface area (Å²) in [5.41, 5.74) is 9.01. The van der Waals surface area contributed by atoms with Crippen molar-refractivity contribution in [2.45, 2.75) is 64.4 Å². The second-order valence-corrected chi connectivity index (χ2v) is 16.2. The van der Waals surface area contributed by atoms with Gasteiger partial charge in [0, 0.05) is 31.3 Å². The number of rotatable bonds is 12. The van der Waals surface area contributed by atoms with Gasteiger partial charge in [0.2, 0.25) is 11.8 Å². The van der Waals surface area contributed by atoms with Crippen LogP contribution in [0.5, 0.6) is 17.2 Å². The average Bonchev–Trinajstić information content (AvgIpc) is 3.27. The molecule has 3 heterocycles. The Hall–Kier alpha value is -6.36. The van der Waals surface area contributed by atoms with Crippen molar-refractivity contribution in [1.82, 2.24) is 15.2 Å². The first-order valence-corrected chi connectivity index (χ1v) is 20.7. The minimum atomic E-state index is -1.23. The summed E-state index contributed by atoms with van der Waals surface area (Å²) >= 11 is 12.2. The zero-order valence-electron chi connectivity index (χ0n) is 33.6. The molecular formula is C49H43Cl2N3O7. The van der Waals surface area contributed by atoms with E-state index in [4.69, 9.17) is 37.4 Å². The molecular weight excluding hydrogens is 813 g/mol. The van der Waals surface area contributed by atoms with Gasteiger partial charge in [0.05, 0.1) is 16.5 Å². The summed E-state index contributed by atoms with van der Waals surface area (Å²) in [5, 5.41) is 14.0. The molecule has 0 aliphatic carbocycles. The predicted molar refractivity (Wildman–Crippen MR) is 233 cm³/mol. The molecule has 0 saturated heterocycles. The van der Waals surface area contributed by atoms with Crippen LogP contribution in [-0.2, 0) is 46.8 Å². The van der Waals surface area contributed by atoms with Crippen molar-refractivity contribution in [2.75, 3.05) is 6.61 Å². The molecule has 10 nitrogen and oxygen atoms in total. The van der Waals surface area contributed by atoms with Crippen LogP contribution >= 0.6 is 23.2 Å². The monoisotopic (exact) mass is 855 g/mol. The van der Waals surface area contributed by atoms with Gasteiger partial charge in [-0.25, -0.2) is 4.79 Å². The Balaban J connectivity index is 0.978. The lowest BCUT2D eigenvalue weighted by Crippen LogP contribution is -2.56. The van der Waals surface area contributed by atoms with E-state index in [0.717, 1.165) is 55.8 Å². The smallest absolute Gasteiger partial charge is 0.326 e. The maximum absolute atomic E-state index is 14.2. The Labute approximate surface area is 364 Å². The first kappa shape index (κ1) is 41.4. The molecule has 2 aliphatic rings. The number of carbonyl (C=O) groups excluding carboxylic acids is 2. The summed E-state index contributed by atoms with van der Waals surface area (Å²) < 4.78 is 18.7. The molecule has 6 aromatic rings. The van der Waals surface area contributed by atoms with E-state index in [1.54, 1.807) is 23.2 Å². The molecule has 2 aliphatic heterocycles. The van der Waals surface area contributed by atoms with Crippen molar-refractivity contribution in [1.29, 1.82) is 0 Å². The van der Waals surface area contributed by atoms with E-state index in [9.17, 15) is 19.5 Å². The number of pyridine rings is 1. The Kier molecular flexibility index (Phi) is 12.3. The van der Waals surface area contributed by atoms with Crippen LogP contribution in [0.3, 0.4) is 0 Å². The second kappa shape index (κ2) is 18.1. The Morgan fingerprint density at radius 3 is 2.33 bits per heavy atom. The number of aryl methyl sites for hydroxylation is 1. The topological polar surface area (TPSA) is 127 Å². The fourth-order valence-electron chi connectivity index (χ4n) is 7.74. The number of hydrogen-bond acceptors (Lipinski definition) is 7. The van der Waals surface area contributed by atoms with Gasteiger partial charge in [-0.15, -0.1) is 0 Å². The summed E-state index contributed by atoms with van der Waals surface area (Å²) in [5.74, 6) is -0.233. The average molecular weight is 857 g/mol. The third kappa shape index (κ3) is 9.51. The highest BCUT2D eigenvalue weighted by Gasteiger charge is 2.38. The van der Waals surface area contributed by atoms with Crippen molar-refractivity contribution in [3.8, 4) is 28.4 Å². The van der Waals surface area contributed by atoms with Crippen molar-refractivity contribution < 1.29 is 33.7 Å². The quantitative estimate of drug-likeness (QED) is 0.125. The van der Waals surface area contributed by atoms with Crippen LogP contribution in [0.2, 0.25) is 10.0 Å². The van der Waals surface area contributed by atoms with Crippen molar-refractivity contribution in [3.05, 3.63) is 176 Å². The standard InChI is InChI=1S/C49H43Cl2N3O7/c1-29-30(2)52-19-18-39(29)34-11-8-32(9-12-34)21-42(49(57)58)53-48(56)43-23-36-24-44-45(25-37(36)26-54(43)47(55)22-31-6-4-3-5-7-31)61-46(28-60-44)35-13-15-38(16-14-35)59-27-33-10-17-40(50)41(51)20-33/h3-20,24-25,42-43,46H,21-23,26-28H2,1-2H3,(H,53,56)(H,57,58)/t42-,43?,46?/m0/s1. The number of aromatic nitrogens is 1. The molecule has 0 fully saturated rings. The number of nitrogens with one attached hydrogen (secondary N) is 1. The maximum atomic E-state index is 14.2. The lowest BCUT2D eigenvalue weighted by Gasteiger charge is -2.38. The third-order valence-electron chi connectivity index (χ3n) is 11.3. The van der Waals surface area contributed by atoms with Crippen LogP contribution in [0.4, 0.5) is 0 Å². The van der Waals surface area contributed by atoms with Gasteiger partial charge in [-0.05, 0) is 106 Å². The van der Waals surface area contributed by atoms with Crippen LogP contribution in [0, 0.1) is 13.8 Å². The van der Waals surface area contributed by atoms with Crippen molar-refractivity contribution in [3.63, 3.8) is 0 Å². The first-order chi connectivity index (χ1) is 29.5. The molecule has 0 spiro atoms. The molecule has 1 aromatic heterocycles. The summed E-state index contributed by atoms with van der Waals surface area (Å²) in [7, 11) is 0. The number of fused-ring (bicyclic) bond motifs is 2. The van der Waals surface area contributed by atoms with E-state index < -0.39 is 30.1 Å². The summed E-state index contributed by atoms with van der Waals surface area (Å²) in [4.78, 5) is 46.8. The SMILES string of the molecule is Cc1nccc(-c2ccc(C[C@H](NC(=O)C3Cc4cc5c(cc4CN3C(=O)Cc3ccccc3)OC(c3ccc(OCc4ccc(Cl)c(Cl)c4)cc3)CO5)C(=O)O)cc2)c1C. The highest BCUT2D eigenvalue weighted by Crippen LogP contribution is 2.41. The molecule has 0 radical (unpaired) electrons. The minimum absolute atomic E-state index is 0.0608. The predicted octanol–water partition coefficient (Wildman–Crippen LogP) is 9.07. The number of hydrogen-bond donors (Lipinski definition) is 2. The molecule has 12 heteroatoms. The van der Waals surface area contributed by atoms with Crippen LogP contribution in [0.25, 0.3) is 11.1 Å². The molecule has 5 aromatic carbocycles.